The number of carbonyl (C=O) groups is 2. The van der Waals surface area contributed by atoms with Crippen molar-refractivity contribution in [3.8, 4) is 11.1 Å². The third kappa shape index (κ3) is 3.37. The number of nitrogens with one attached hydrogen (secondary N) is 2. The summed E-state index contributed by atoms with van der Waals surface area (Å²) in [4.78, 5) is 27.6. The average Bonchev–Trinajstić information content (AvgIpc) is 2.61. The Morgan fingerprint density at radius 3 is 2.64 bits per heavy atom. The number of hydrogen-bond acceptors (Lipinski definition) is 5. The van der Waals surface area contributed by atoms with Gasteiger partial charge in [0, 0.05) is 29.3 Å². The van der Waals surface area contributed by atoms with E-state index in [9.17, 15) is 9.59 Å². The SMILES string of the molecule is CCNC(=O)Nc1cc2c(-c3ccnnc3)ccc(C(N)=O)c2cn1. The van der Waals surface area contributed by atoms with E-state index >= 15 is 0 Å². The van der Waals surface area contributed by atoms with Crippen molar-refractivity contribution >= 4 is 28.5 Å². The Morgan fingerprint density at radius 1 is 1.12 bits per heavy atom. The van der Waals surface area contributed by atoms with Crippen LogP contribution < -0.4 is 16.4 Å². The predicted octanol–water partition coefficient (Wildman–Crippen LogP) is 1.93. The van der Waals surface area contributed by atoms with Crippen LogP contribution in [0, 0.1) is 0 Å². The van der Waals surface area contributed by atoms with Gasteiger partial charge >= 0.3 is 6.03 Å². The summed E-state index contributed by atoms with van der Waals surface area (Å²) in [7, 11) is 0. The lowest BCUT2D eigenvalue weighted by Gasteiger charge is -2.11. The largest absolute Gasteiger partial charge is 0.366 e. The molecule has 1 aromatic carbocycles. The molecule has 126 valence electrons. The van der Waals surface area contributed by atoms with Gasteiger partial charge in [0.05, 0.1) is 12.4 Å². The number of carbonyl (C=O) groups excluding carboxylic acids is 2. The highest BCUT2D eigenvalue weighted by atomic mass is 16.2. The Kier molecular flexibility index (Phi) is 4.51. The molecule has 3 aromatic rings. The van der Waals surface area contributed by atoms with E-state index in [1.807, 2.05) is 13.0 Å². The maximum absolute atomic E-state index is 11.7. The van der Waals surface area contributed by atoms with Gasteiger partial charge in [-0.25, -0.2) is 9.78 Å². The van der Waals surface area contributed by atoms with Gasteiger partial charge in [-0.1, -0.05) is 6.07 Å². The van der Waals surface area contributed by atoms with Gasteiger partial charge in [0.1, 0.15) is 5.82 Å². The third-order valence-electron chi connectivity index (χ3n) is 3.64. The normalized spacial score (nSPS) is 10.4. The molecular weight excluding hydrogens is 320 g/mol. The van der Waals surface area contributed by atoms with E-state index in [-0.39, 0.29) is 6.03 Å². The Hall–Kier alpha value is -3.55. The molecule has 0 fully saturated rings. The van der Waals surface area contributed by atoms with Gasteiger partial charge in [0.2, 0.25) is 5.91 Å². The molecule has 8 nitrogen and oxygen atoms in total. The summed E-state index contributed by atoms with van der Waals surface area (Å²) in [6.45, 7) is 2.32. The number of hydrogen-bond donors (Lipinski definition) is 3. The molecule has 0 unspecified atom stereocenters. The molecule has 3 rings (SSSR count). The van der Waals surface area contributed by atoms with E-state index in [0.29, 0.717) is 23.3 Å². The Morgan fingerprint density at radius 2 is 1.96 bits per heavy atom. The summed E-state index contributed by atoms with van der Waals surface area (Å²) >= 11 is 0. The number of nitrogens with zero attached hydrogens (tertiary/aromatic N) is 3. The summed E-state index contributed by atoms with van der Waals surface area (Å²) in [5.74, 6) is -0.182. The van der Waals surface area contributed by atoms with Crippen molar-refractivity contribution in [3.05, 3.63) is 48.4 Å². The number of aromatic nitrogens is 3. The highest BCUT2D eigenvalue weighted by Gasteiger charge is 2.13. The minimum atomic E-state index is -0.546. The second kappa shape index (κ2) is 6.91. The van der Waals surface area contributed by atoms with Crippen LogP contribution in [-0.2, 0) is 0 Å². The van der Waals surface area contributed by atoms with Crippen molar-refractivity contribution in [2.45, 2.75) is 6.92 Å². The van der Waals surface area contributed by atoms with Crippen molar-refractivity contribution < 1.29 is 9.59 Å². The van der Waals surface area contributed by atoms with Crippen LogP contribution in [0.1, 0.15) is 17.3 Å². The molecule has 0 radical (unpaired) electrons. The summed E-state index contributed by atoms with van der Waals surface area (Å²) < 4.78 is 0. The first kappa shape index (κ1) is 16.3. The number of rotatable bonds is 4. The third-order valence-corrected chi connectivity index (χ3v) is 3.64. The van der Waals surface area contributed by atoms with Gasteiger partial charge in [0.25, 0.3) is 0 Å². The molecule has 0 aliphatic rings. The van der Waals surface area contributed by atoms with Gasteiger partial charge in [-0.15, -0.1) is 0 Å². The topological polar surface area (TPSA) is 123 Å². The lowest BCUT2D eigenvalue weighted by atomic mass is 9.97. The molecule has 8 heteroatoms. The molecule has 0 aliphatic heterocycles. The van der Waals surface area contributed by atoms with Crippen LogP contribution in [-0.4, -0.2) is 33.7 Å². The maximum Gasteiger partial charge on any atom is 0.320 e. The number of anilines is 1. The van der Waals surface area contributed by atoms with Crippen molar-refractivity contribution in [3.63, 3.8) is 0 Å². The van der Waals surface area contributed by atoms with Crippen LogP contribution in [0.3, 0.4) is 0 Å². The Bertz CT molecular complexity index is 943. The molecule has 3 amide bonds. The molecule has 0 atom stereocenters. The number of pyridine rings is 1. The van der Waals surface area contributed by atoms with Gasteiger partial charge in [0.15, 0.2) is 0 Å². The average molecular weight is 336 g/mol. The number of nitrogens with two attached hydrogens (primary N) is 1. The number of fused-ring (bicyclic) bond motifs is 1. The van der Waals surface area contributed by atoms with Gasteiger partial charge < -0.3 is 11.1 Å². The lowest BCUT2D eigenvalue weighted by Crippen LogP contribution is -2.28. The molecule has 2 aromatic heterocycles. The van der Waals surface area contributed by atoms with E-state index in [1.54, 1.807) is 30.6 Å². The first-order valence-corrected chi connectivity index (χ1v) is 7.64. The fourth-order valence-electron chi connectivity index (χ4n) is 2.55. The van der Waals surface area contributed by atoms with Crippen LogP contribution in [0.4, 0.5) is 10.6 Å². The predicted molar refractivity (Wildman–Crippen MR) is 94.0 cm³/mol. The number of urea groups is 1. The number of amides is 3. The van der Waals surface area contributed by atoms with E-state index in [0.717, 1.165) is 16.5 Å². The second-order valence-electron chi connectivity index (χ2n) is 5.26. The molecule has 4 N–H and O–H groups in total. The fraction of sp³-hybridized carbons (Fsp3) is 0.118. The zero-order valence-electron chi connectivity index (χ0n) is 13.5. The molecular formula is C17H16N6O2. The van der Waals surface area contributed by atoms with Crippen LogP contribution in [0.2, 0.25) is 0 Å². The first-order valence-electron chi connectivity index (χ1n) is 7.64. The molecule has 0 saturated carbocycles. The van der Waals surface area contributed by atoms with E-state index in [2.05, 4.69) is 25.8 Å². The van der Waals surface area contributed by atoms with Crippen molar-refractivity contribution in [2.24, 2.45) is 5.73 Å². The van der Waals surface area contributed by atoms with E-state index in [1.165, 1.54) is 6.20 Å². The second-order valence-corrected chi connectivity index (χ2v) is 5.26. The Balaban J connectivity index is 2.17. The number of benzene rings is 1. The monoisotopic (exact) mass is 336 g/mol. The molecule has 0 spiro atoms. The highest BCUT2D eigenvalue weighted by Crippen LogP contribution is 2.31. The summed E-state index contributed by atoms with van der Waals surface area (Å²) in [5.41, 5.74) is 7.47. The highest BCUT2D eigenvalue weighted by molar-refractivity contribution is 6.11. The minimum Gasteiger partial charge on any atom is -0.366 e. The lowest BCUT2D eigenvalue weighted by molar-refractivity contribution is 0.100. The van der Waals surface area contributed by atoms with Crippen molar-refractivity contribution in [1.29, 1.82) is 0 Å². The molecule has 0 bridgehead atoms. The standard InChI is InChI=1S/C17H16N6O2/c1-2-19-17(25)23-15-7-13-11(10-5-6-21-22-8-10)3-4-12(16(18)24)14(13)9-20-15/h3-9H,2H2,1H3,(H2,18,24)(H2,19,20,23,25). The van der Waals surface area contributed by atoms with Crippen LogP contribution in [0.25, 0.3) is 21.9 Å². The Labute approximate surface area is 143 Å². The van der Waals surface area contributed by atoms with Crippen LogP contribution in [0.5, 0.6) is 0 Å². The van der Waals surface area contributed by atoms with Gasteiger partial charge in [-0.05, 0) is 36.1 Å². The van der Waals surface area contributed by atoms with Gasteiger partial charge in [-0.2, -0.15) is 10.2 Å². The quantitative estimate of drug-likeness (QED) is 0.672. The smallest absolute Gasteiger partial charge is 0.320 e. The van der Waals surface area contributed by atoms with E-state index in [4.69, 9.17) is 5.73 Å². The molecule has 25 heavy (non-hydrogen) atoms. The van der Waals surface area contributed by atoms with Gasteiger partial charge in [-0.3, -0.25) is 10.1 Å². The maximum atomic E-state index is 11.7. The number of primary amides is 1. The van der Waals surface area contributed by atoms with E-state index < -0.39 is 5.91 Å². The van der Waals surface area contributed by atoms with Crippen LogP contribution in [0.15, 0.2) is 42.9 Å². The van der Waals surface area contributed by atoms with Crippen molar-refractivity contribution in [1.82, 2.24) is 20.5 Å². The summed E-state index contributed by atoms with van der Waals surface area (Å²) in [5, 5.41) is 14.3. The molecule has 0 saturated heterocycles. The molecule has 2 heterocycles. The fourth-order valence-corrected chi connectivity index (χ4v) is 2.55. The van der Waals surface area contributed by atoms with Crippen molar-refractivity contribution in [2.75, 3.05) is 11.9 Å². The summed E-state index contributed by atoms with van der Waals surface area (Å²) in [6.07, 6.45) is 4.73. The molecule has 0 aliphatic carbocycles. The summed E-state index contributed by atoms with van der Waals surface area (Å²) in [6, 6.07) is 6.59. The van der Waals surface area contributed by atoms with Crippen LogP contribution >= 0.6 is 0 Å². The zero-order valence-corrected chi connectivity index (χ0v) is 13.5. The zero-order chi connectivity index (χ0) is 17.8. The minimum absolute atomic E-state index is 0.354. The first-order chi connectivity index (χ1) is 12.1.